The van der Waals surface area contributed by atoms with Crippen molar-refractivity contribution in [1.82, 2.24) is 4.57 Å². The first-order chi connectivity index (χ1) is 15.4. The molecule has 3 aromatic rings. The van der Waals surface area contributed by atoms with Crippen molar-refractivity contribution in [3.63, 3.8) is 0 Å². The molecule has 1 amide bonds. The molecule has 0 aliphatic heterocycles. The van der Waals surface area contributed by atoms with E-state index in [-0.39, 0.29) is 19.1 Å². The van der Waals surface area contributed by atoms with Crippen LogP contribution >= 0.6 is 23.1 Å². The molecule has 0 aliphatic carbocycles. The molecule has 0 fully saturated rings. The zero-order chi connectivity index (χ0) is 23.3. The van der Waals surface area contributed by atoms with Gasteiger partial charge >= 0.3 is 5.97 Å². The van der Waals surface area contributed by atoms with Crippen molar-refractivity contribution in [2.45, 2.75) is 37.5 Å². The Morgan fingerprint density at radius 2 is 1.84 bits per heavy atom. The molecule has 0 atom stereocenters. The maximum absolute atomic E-state index is 13.0. The molecule has 1 aromatic heterocycles. The quantitative estimate of drug-likeness (QED) is 0.353. The summed E-state index contributed by atoms with van der Waals surface area (Å²) in [6.45, 7) is 6.14. The normalized spacial score (nSPS) is 11.8. The molecule has 1 heterocycles. The first kappa shape index (κ1) is 23.9. The minimum atomic E-state index is -0.411. The van der Waals surface area contributed by atoms with Crippen molar-refractivity contribution in [3.8, 4) is 11.5 Å². The highest BCUT2D eigenvalue weighted by Crippen LogP contribution is 2.33. The number of esters is 1. The van der Waals surface area contributed by atoms with Gasteiger partial charge in [0, 0.05) is 27.8 Å². The summed E-state index contributed by atoms with van der Waals surface area (Å²) in [4.78, 5) is 31.0. The summed E-state index contributed by atoms with van der Waals surface area (Å²) in [6.07, 6.45) is 0. The summed E-state index contributed by atoms with van der Waals surface area (Å²) in [7, 11) is 3.10. The lowest BCUT2D eigenvalue weighted by atomic mass is 10.2. The summed E-state index contributed by atoms with van der Waals surface area (Å²) >= 11 is 2.98. The second-order valence-electron chi connectivity index (χ2n) is 7.06. The van der Waals surface area contributed by atoms with Gasteiger partial charge in [-0.15, -0.1) is 11.8 Å². The lowest BCUT2D eigenvalue weighted by molar-refractivity contribution is -0.143. The van der Waals surface area contributed by atoms with Gasteiger partial charge in [0.1, 0.15) is 6.54 Å². The molecule has 0 bridgehead atoms. The molecule has 3 rings (SSSR count). The number of hydrogen-bond acceptors (Lipinski definition) is 7. The molecular weight excluding hydrogens is 448 g/mol. The maximum atomic E-state index is 13.0. The van der Waals surface area contributed by atoms with E-state index in [2.05, 4.69) is 18.8 Å². The van der Waals surface area contributed by atoms with Crippen molar-refractivity contribution < 1.29 is 23.8 Å². The van der Waals surface area contributed by atoms with Gasteiger partial charge in [0.05, 0.1) is 31.0 Å². The van der Waals surface area contributed by atoms with Crippen molar-refractivity contribution in [2.75, 3.05) is 20.8 Å². The van der Waals surface area contributed by atoms with Crippen LogP contribution in [0.1, 0.15) is 31.1 Å². The van der Waals surface area contributed by atoms with Crippen molar-refractivity contribution >= 4 is 45.2 Å². The average molecular weight is 475 g/mol. The third kappa shape index (κ3) is 5.52. The molecule has 0 aliphatic rings. The van der Waals surface area contributed by atoms with Crippen molar-refractivity contribution in [3.05, 3.63) is 46.8 Å². The van der Waals surface area contributed by atoms with Crippen LogP contribution in [0.2, 0.25) is 0 Å². The Labute approximate surface area is 195 Å². The Hall–Kier alpha value is -2.78. The maximum Gasteiger partial charge on any atom is 0.326 e. The van der Waals surface area contributed by atoms with E-state index in [1.54, 1.807) is 49.6 Å². The lowest BCUT2D eigenvalue weighted by Crippen LogP contribution is -2.23. The van der Waals surface area contributed by atoms with E-state index in [0.717, 1.165) is 9.60 Å². The number of hydrogen-bond donors (Lipinski definition) is 0. The van der Waals surface area contributed by atoms with E-state index < -0.39 is 5.97 Å². The first-order valence-corrected chi connectivity index (χ1v) is 11.8. The summed E-state index contributed by atoms with van der Waals surface area (Å²) in [5.41, 5.74) is 1.20. The number of rotatable bonds is 8. The fourth-order valence-electron chi connectivity index (χ4n) is 3.10. The summed E-state index contributed by atoms with van der Waals surface area (Å²) < 4.78 is 18.4. The molecular formula is C23H26N2O5S2. The molecule has 170 valence electrons. The van der Waals surface area contributed by atoms with Gasteiger partial charge in [-0.25, -0.2) is 0 Å². The Morgan fingerprint density at radius 3 is 2.50 bits per heavy atom. The van der Waals surface area contributed by atoms with Crippen LogP contribution in [0.3, 0.4) is 0 Å². The highest BCUT2D eigenvalue weighted by Gasteiger charge is 2.16. The molecule has 0 saturated heterocycles. The van der Waals surface area contributed by atoms with Crippen LogP contribution in [0, 0.1) is 0 Å². The second-order valence-corrected chi connectivity index (χ2v) is 9.72. The number of aromatic nitrogens is 1. The van der Waals surface area contributed by atoms with Crippen LogP contribution in [0.5, 0.6) is 11.5 Å². The van der Waals surface area contributed by atoms with Gasteiger partial charge < -0.3 is 18.8 Å². The summed E-state index contributed by atoms with van der Waals surface area (Å²) in [5.74, 6) is 0.290. The zero-order valence-electron chi connectivity index (χ0n) is 18.7. The number of methoxy groups -OCH3 is 2. The van der Waals surface area contributed by atoms with Crippen LogP contribution in [0.25, 0.3) is 10.2 Å². The standard InChI is InChI=1S/C23H26N2O5S2/c1-6-30-21(26)13-25-17-11-18(28-4)19(29-5)12-20(17)32-23(25)24-22(27)15-8-7-9-16(10-15)31-14(2)3/h7-12,14H,6,13H2,1-5H3. The van der Waals surface area contributed by atoms with Crippen LogP contribution in [0.4, 0.5) is 0 Å². The number of thioether (sulfide) groups is 1. The van der Waals surface area contributed by atoms with Crippen LogP contribution in [-0.4, -0.2) is 42.5 Å². The number of thiazole rings is 1. The number of ether oxygens (including phenoxy) is 3. The first-order valence-electron chi connectivity index (χ1n) is 10.1. The molecule has 0 saturated carbocycles. The minimum absolute atomic E-state index is 0.0708. The van der Waals surface area contributed by atoms with E-state index in [1.807, 2.05) is 24.3 Å². The number of nitrogens with zero attached hydrogens (tertiary/aromatic N) is 2. The topological polar surface area (TPSA) is 79.1 Å². The van der Waals surface area contributed by atoms with Crippen molar-refractivity contribution in [1.29, 1.82) is 0 Å². The molecule has 0 spiro atoms. The van der Waals surface area contributed by atoms with Gasteiger partial charge in [0.15, 0.2) is 16.3 Å². The van der Waals surface area contributed by atoms with E-state index in [0.29, 0.717) is 32.6 Å². The third-order valence-corrected chi connectivity index (χ3v) is 6.47. The SMILES string of the molecule is CCOC(=O)Cn1c(=NC(=O)c2cccc(SC(C)C)c2)sc2cc(OC)c(OC)cc21. The number of amides is 1. The largest absolute Gasteiger partial charge is 0.493 e. The van der Waals surface area contributed by atoms with Gasteiger partial charge in [-0.2, -0.15) is 4.99 Å². The third-order valence-electron chi connectivity index (χ3n) is 4.43. The van der Waals surface area contributed by atoms with Crippen molar-refractivity contribution in [2.24, 2.45) is 4.99 Å². The number of benzene rings is 2. The Morgan fingerprint density at radius 1 is 1.12 bits per heavy atom. The van der Waals surface area contributed by atoms with Gasteiger partial charge in [-0.3, -0.25) is 9.59 Å². The van der Waals surface area contributed by atoms with Gasteiger partial charge in [-0.05, 0) is 25.1 Å². The smallest absolute Gasteiger partial charge is 0.326 e. The van der Waals surface area contributed by atoms with E-state index >= 15 is 0 Å². The zero-order valence-corrected chi connectivity index (χ0v) is 20.3. The fraction of sp³-hybridized carbons (Fsp3) is 0.348. The predicted octanol–water partition coefficient (Wildman–Crippen LogP) is 4.52. The predicted molar refractivity (Wildman–Crippen MR) is 127 cm³/mol. The molecule has 0 unspecified atom stereocenters. The van der Waals surface area contributed by atoms with Crippen LogP contribution in [0.15, 0.2) is 46.3 Å². The van der Waals surface area contributed by atoms with E-state index in [9.17, 15) is 9.59 Å². The Bertz CT molecular complexity index is 1200. The molecule has 2 aromatic carbocycles. The van der Waals surface area contributed by atoms with E-state index in [1.165, 1.54) is 11.3 Å². The number of fused-ring (bicyclic) bond motifs is 1. The highest BCUT2D eigenvalue weighted by atomic mass is 32.2. The highest BCUT2D eigenvalue weighted by molar-refractivity contribution is 7.99. The van der Waals surface area contributed by atoms with Gasteiger partial charge in [0.2, 0.25) is 0 Å². The monoisotopic (exact) mass is 474 g/mol. The summed E-state index contributed by atoms with van der Waals surface area (Å²) in [6, 6.07) is 11.0. The van der Waals surface area contributed by atoms with Gasteiger partial charge in [-0.1, -0.05) is 31.3 Å². The molecule has 0 radical (unpaired) electrons. The fourth-order valence-corrected chi connectivity index (χ4v) is 5.03. The molecule has 0 N–H and O–H groups in total. The molecule has 7 nitrogen and oxygen atoms in total. The van der Waals surface area contributed by atoms with Crippen LogP contribution < -0.4 is 14.3 Å². The number of carbonyl (C=O) groups is 2. The average Bonchev–Trinajstić information content (AvgIpc) is 3.08. The van der Waals surface area contributed by atoms with Gasteiger partial charge in [0.25, 0.3) is 5.91 Å². The minimum Gasteiger partial charge on any atom is -0.493 e. The second kappa shape index (κ2) is 10.7. The van der Waals surface area contributed by atoms with Crippen LogP contribution in [-0.2, 0) is 16.1 Å². The van der Waals surface area contributed by atoms with E-state index in [4.69, 9.17) is 14.2 Å². The molecule has 9 heteroatoms. The Kier molecular flexibility index (Phi) is 7.98. The lowest BCUT2D eigenvalue weighted by Gasteiger charge is -2.09. The Balaban J connectivity index is 2.12. The molecule has 32 heavy (non-hydrogen) atoms. The number of carbonyl (C=O) groups excluding carboxylic acids is 2. The summed E-state index contributed by atoms with van der Waals surface area (Å²) in [5, 5.41) is 0.400.